The number of nitrogens with two attached hydrogens (primary N) is 1. The zero-order chi connectivity index (χ0) is 11.8. The van der Waals surface area contributed by atoms with E-state index in [0.29, 0.717) is 5.82 Å². The molecule has 0 amide bonds. The Labute approximate surface area is 107 Å². The van der Waals surface area contributed by atoms with Crippen LogP contribution in [0.5, 0.6) is 0 Å². The zero-order valence-electron chi connectivity index (χ0n) is 10.4. The molecule has 0 aromatic carbocycles. The summed E-state index contributed by atoms with van der Waals surface area (Å²) < 4.78 is 4.25. The van der Waals surface area contributed by atoms with Crippen LogP contribution in [0.1, 0.15) is 24.8 Å². The van der Waals surface area contributed by atoms with Crippen LogP contribution >= 0.6 is 11.5 Å². The molecule has 0 radical (unpaired) electrons. The van der Waals surface area contributed by atoms with Gasteiger partial charge in [-0.05, 0) is 50.8 Å². The van der Waals surface area contributed by atoms with Crippen molar-refractivity contribution in [1.29, 1.82) is 0 Å². The van der Waals surface area contributed by atoms with Crippen molar-refractivity contribution in [2.24, 2.45) is 0 Å². The summed E-state index contributed by atoms with van der Waals surface area (Å²) in [4.78, 5) is 5.12. The van der Waals surface area contributed by atoms with Crippen molar-refractivity contribution in [1.82, 2.24) is 9.27 Å². The molecular weight excluding hydrogens is 232 g/mol. The minimum atomic E-state index is 0.703. The molecule has 2 fully saturated rings. The van der Waals surface area contributed by atoms with Crippen LogP contribution in [0.15, 0.2) is 0 Å². The van der Waals surface area contributed by atoms with Crippen molar-refractivity contribution in [2.75, 3.05) is 36.8 Å². The summed E-state index contributed by atoms with van der Waals surface area (Å²) in [6.45, 7) is 6.98. The third-order valence-corrected chi connectivity index (χ3v) is 5.07. The molecule has 0 bridgehead atoms. The summed E-state index contributed by atoms with van der Waals surface area (Å²) in [5.74, 6) is 0.703. The van der Waals surface area contributed by atoms with E-state index in [1.54, 1.807) is 11.5 Å². The van der Waals surface area contributed by atoms with Crippen LogP contribution < -0.4 is 10.6 Å². The van der Waals surface area contributed by atoms with Gasteiger partial charge in [0.1, 0.15) is 10.8 Å². The SMILES string of the molecule is Cc1c(N)nsc1N1CCC(N2CCCC2)C1. The van der Waals surface area contributed by atoms with Crippen molar-refractivity contribution in [2.45, 2.75) is 32.2 Å². The molecule has 2 aliphatic heterocycles. The fourth-order valence-electron chi connectivity index (χ4n) is 2.96. The molecule has 2 saturated heterocycles. The first kappa shape index (κ1) is 11.3. The molecule has 4 nitrogen and oxygen atoms in total. The molecule has 1 aromatic heterocycles. The van der Waals surface area contributed by atoms with Gasteiger partial charge in [-0.25, -0.2) is 0 Å². The normalized spacial score (nSPS) is 25.9. The van der Waals surface area contributed by atoms with E-state index in [1.807, 2.05) is 0 Å². The van der Waals surface area contributed by atoms with Gasteiger partial charge < -0.3 is 10.6 Å². The second kappa shape index (κ2) is 4.46. The topological polar surface area (TPSA) is 45.4 Å². The van der Waals surface area contributed by atoms with Gasteiger partial charge in [0.15, 0.2) is 0 Å². The molecule has 1 unspecified atom stereocenters. The fourth-order valence-corrected chi connectivity index (χ4v) is 3.81. The van der Waals surface area contributed by atoms with Gasteiger partial charge in [-0.15, -0.1) is 0 Å². The predicted octanol–water partition coefficient (Wildman–Crippen LogP) is 1.71. The molecule has 2 N–H and O–H groups in total. The van der Waals surface area contributed by atoms with E-state index >= 15 is 0 Å². The Bertz CT molecular complexity index is 397. The van der Waals surface area contributed by atoms with Gasteiger partial charge >= 0.3 is 0 Å². The minimum absolute atomic E-state index is 0.703. The van der Waals surface area contributed by atoms with Gasteiger partial charge in [0, 0.05) is 24.7 Å². The third-order valence-electron chi connectivity index (χ3n) is 4.04. The Morgan fingerprint density at radius 2 is 2.06 bits per heavy atom. The quantitative estimate of drug-likeness (QED) is 0.870. The summed E-state index contributed by atoms with van der Waals surface area (Å²) in [6, 6.07) is 0.750. The van der Waals surface area contributed by atoms with Gasteiger partial charge in [0.05, 0.1) is 0 Å². The molecule has 0 aliphatic carbocycles. The van der Waals surface area contributed by atoms with E-state index in [0.717, 1.165) is 24.7 Å². The molecule has 94 valence electrons. The van der Waals surface area contributed by atoms with Gasteiger partial charge in [-0.1, -0.05) is 0 Å². The summed E-state index contributed by atoms with van der Waals surface area (Å²) in [5, 5.41) is 1.28. The molecule has 0 saturated carbocycles. The maximum Gasteiger partial charge on any atom is 0.142 e. The molecule has 2 aliphatic rings. The van der Waals surface area contributed by atoms with E-state index in [2.05, 4.69) is 21.1 Å². The molecule has 1 atom stereocenters. The van der Waals surface area contributed by atoms with E-state index in [1.165, 1.54) is 37.4 Å². The highest BCUT2D eigenvalue weighted by Crippen LogP contribution is 2.33. The molecule has 17 heavy (non-hydrogen) atoms. The average molecular weight is 252 g/mol. The van der Waals surface area contributed by atoms with E-state index < -0.39 is 0 Å². The standard InChI is InChI=1S/C12H20N4S/c1-9-11(13)14-17-12(9)16-7-4-10(8-16)15-5-2-3-6-15/h10H,2-8H2,1H3,(H2,13,14). The Kier molecular flexibility index (Phi) is 2.96. The maximum atomic E-state index is 5.83. The van der Waals surface area contributed by atoms with E-state index in [4.69, 9.17) is 5.73 Å². The summed E-state index contributed by atoms with van der Waals surface area (Å²) in [5.41, 5.74) is 6.99. The van der Waals surface area contributed by atoms with Gasteiger partial charge in [-0.3, -0.25) is 4.90 Å². The third kappa shape index (κ3) is 2.02. The van der Waals surface area contributed by atoms with Crippen molar-refractivity contribution >= 4 is 22.4 Å². The molecular formula is C12H20N4S. The van der Waals surface area contributed by atoms with Gasteiger partial charge in [0.25, 0.3) is 0 Å². The van der Waals surface area contributed by atoms with Gasteiger partial charge in [-0.2, -0.15) is 4.37 Å². The van der Waals surface area contributed by atoms with Crippen LogP contribution in [0, 0.1) is 6.92 Å². The maximum absolute atomic E-state index is 5.83. The molecule has 3 heterocycles. The highest BCUT2D eigenvalue weighted by atomic mass is 32.1. The average Bonchev–Trinajstić information content (AvgIpc) is 3.01. The Morgan fingerprint density at radius 1 is 1.29 bits per heavy atom. The lowest BCUT2D eigenvalue weighted by molar-refractivity contribution is 0.260. The molecule has 3 rings (SSSR count). The van der Waals surface area contributed by atoms with Crippen molar-refractivity contribution in [3.8, 4) is 0 Å². The number of nitrogens with zero attached hydrogens (tertiary/aromatic N) is 3. The van der Waals surface area contributed by atoms with Crippen LogP contribution in [0.3, 0.4) is 0 Å². The monoisotopic (exact) mass is 252 g/mol. The van der Waals surface area contributed by atoms with Crippen molar-refractivity contribution < 1.29 is 0 Å². The lowest BCUT2D eigenvalue weighted by atomic mass is 10.2. The highest BCUT2D eigenvalue weighted by molar-refractivity contribution is 7.10. The number of nitrogen functional groups attached to an aromatic ring is 1. The first-order chi connectivity index (χ1) is 8.25. The second-order valence-electron chi connectivity index (χ2n) is 5.13. The Hall–Kier alpha value is -0.810. The largest absolute Gasteiger partial charge is 0.383 e. The highest BCUT2D eigenvalue weighted by Gasteiger charge is 2.30. The number of anilines is 2. The summed E-state index contributed by atoms with van der Waals surface area (Å²) in [7, 11) is 0. The Balaban J connectivity index is 1.69. The second-order valence-corrected chi connectivity index (χ2v) is 5.88. The Morgan fingerprint density at radius 3 is 2.71 bits per heavy atom. The van der Waals surface area contributed by atoms with Crippen LogP contribution in [0.25, 0.3) is 0 Å². The molecule has 5 heteroatoms. The van der Waals surface area contributed by atoms with E-state index in [-0.39, 0.29) is 0 Å². The van der Waals surface area contributed by atoms with Crippen LogP contribution in [0.4, 0.5) is 10.8 Å². The summed E-state index contributed by atoms with van der Waals surface area (Å²) in [6.07, 6.45) is 4.04. The molecule has 0 spiro atoms. The number of rotatable bonds is 2. The van der Waals surface area contributed by atoms with Crippen molar-refractivity contribution in [3.63, 3.8) is 0 Å². The van der Waals surface area contributed by atoms with Crippen LogP contribution in [0.2, 0.25) is 0 Å². The first-order valence-electron chi connectivity index (χ1n) is 6.46. The fraction of sp³-hybridized carbons (Fsp3) is 0.750. The van der Waals surface area contributed by atoms with Crippen molar-refractivity contribution in [3.05, 3.63) is 5.56 Å². The lowest BCUT2D eigenvalue weighted by Crippen LogP contribution is -2.35. The van der Waals surface area contributed by atoms with Gasteiger partial charge in [0.2, 0.25) is 0 Å². The first-order valence-corrected chi connectivity index (χ1v) is 7.24. The summed E-state index contributed by atoms with van der Waals surface area (Å²) >= 11 is 1.55. The number of aromatic nitrogens is 1. The van der Waals surface area contributed by atoms with Crippen LogP contribution in [-0.4, -0.2) is 41.5 Å². The smallest absolute Gasteiger partial charge is 0.142 e. The number of hydrogen-bond acceptors (Lipinski definition) is 5. The lowest BCUT2D eigenvalue weighted by Gasteiger charge is -2.23. The zero-order valence-corrected chi connectivity index (χ0v) is 11.2. The number of hydrogen-bond donors (Lipinski definition) is 1. The predicted molar refractivity (Wildman–Crippen MR) is 72.7 cm³/mol. The van der Waals surface area contributed by atoms with E-state index in [9.17, 15) is 0 Å². The number of likely N-dealkylation sites (tertiary alicyclic amines) is 1. The minimum Gasteiger partial charge on any atom is -0.383 e. The molecule has 1 aromatic rings. The van der Waals surface area contributed by atoms with Crippen LogP contribution in [-0.2, 0) is 0 Å².